The molecule has 0 N–H and O–H groups in total. The standard InChI is InChI=1S/C22H12N2S6/c1-3-11-23-15(5-1)7-9-17-18(10-8-16-6-2-4-12-24-16)28-21(27-17)22-29-19-20(30-22)26-14-13-25-19/h1-6,11-12H,13-14H2. The van der Waals surface area contributed by atoms with Crippen LogP contribution in [0.3, 0.4) is 0 Å². The van der Waals surface area contributed by atoms with Crippen molar-refractivity contribution in [1.29, 1.82) is 0 Å². The Labute approximate surface area is 201 Å². The van der Waals surface area contributed by atoms with E-state index in [2.05, 4.69) is 33.6 Å². The van der Waals surface area contributed by atoms with Crippen LogP contribution < -0.4 is 0 Å². The first kappa shape index (κ1) is 20.6. The second-order valence-electron chi connectivity index (χ2n) is 5.84. The maximum absolute atomic E-state index is 4.31. The fourth-order valence-electron chi connectivity index (χ4n) is 2.46. The van der Waals surface area contributed by atoms with E-state index >= 15 is 0 Å². The molecule has 2 nitrogen and oxygen atoms in total. The van der Waals surface area contributed by atoms with E-state index in [0.717, 1.165) is 21.2 Å². The molecule has 0 fully saturated rings. The molecule has 0 radical (unpaired) electrons. The van der Waals surface area contributed by atoms with Crippen LogP contribution in [0.2, 0.25) is 0 Å². The number of hydrogen-bond acceptors (Lipinski definition) is 8. The molecule has 5 heterocycles. The predicted octanol–water partition coefficient (Wildman–Crippen LogP) is 6.78. The van der Waals surface area contributed by atoms with Gasteiger partial charge in [0.2, 0.25) is 0 Å². The number of allylic oxidation sites excluding steroid dienone is 2. The van der Waals surface area contributed by atoms with Crippen molar-refractivity contribution in [2.45, 2.75) is 0 Å². The van der Waals surface area contributed by atoms with Gasteiger partial charge < -0.3 is 0 Å². The molecule has 2 aromatic rings. The van der Waals surface area contributed by atoms with Crippen LogP contribution in [0, 0.1) is 23.7 Å². The van der Waals surface area contributed by atoms with Crippen LogP contribution in [0.5, 0.6) is 0 Å². The fraction of sp³-hybridized carbons (Fsp3) is 0.0909. The number of nitrogens with zero attached hydrogens (tertiary/aromatic N) is 2. The summed E-state index contributed by atoms with van der Waals surface area (Å²) in [6.45, 7) is 0. The van der Waals surface area contributed by atoms with Gasteiger partial charge in [0.25, 0.3) is 0 Å². The Bertz CT molecular complexity index is 1100. The minimum atomic E-state index is 0.767. The second kappa shape index (κ2) is 9.91. The molecule has 0 atom stereocenters. The first-order valence-electron chi connectivity index (χ1n) is 8.91. The molecule has 3 aliphatic heterocycles. The van der Waals surface area contributed by atoms with Crippen LogP contribution in [-0.2, 0) is 0 Å². The average molecular weight is 497 g/mol. The van der Waals surface area contributed by atoms with Gasteiger partial charge in [-0.1, -0.05) is 71.0 Å². The highest BCUT2D eigenvalue weighted by atomic mass is 32.3. The summed E-state index contributed by atoms with van der Waals surface area (Å²) >= 11 is 11.2. The highest BCUT2D eigenvalue weighted by Crippen LogP contribution is 2.64. The van der Waals surface area contributed by atoms with Gasteiger partial charge in [-0.15, -0.1) is 23.5 Å². The van der Waals surface area contributed by atoms with Crippen LogP contribution in [-0.4, -0.2) is 21.5 Å². The first-order chi connectivity index (χ1) is 14.8. The van der Waals surface area contributed by atoms with E-state index in [4.69, 9.17) is 0 Å². The highest BCUT2D eigenvalue weighted by Gasteiger charge is 2.31. The fourth-order valence-corrected chi connectivity index (χ4v) is 11.0. The molecule has 3 aliphatic rings. The lowest BCUT2D eigenvalue weighted by Crippen LogP contribution is -1.88. The van der Waals surface area contributed by atoms with Gasteiger partial charge in [0.05, 0.1) is 26.8 Å². The molecular weight excluding hydrogens is 485 g/mol. The normalized spacial score (nSPS) is 18.0. The van der Waals surface area contributed by atoms with Gasteiger partial charge in [-0.25, -0.2) is 9.97 Å². The molecule has 8 heteroatoms. The number of thioether (sulfide) groups is 6. The van der Waals surface area contributed by atoms with Crippen molar-refractivity contribution in [3.8, 4) is 23.7 Å². The van der Waals surface area contributed by atoms with Gasteiger partial charge in [0.15, 0.2) is 0 Å². The maximum atomic E-state index is 4.31. The Balaban J connectivity index is 1.44. The van der Waals surface area contributed by atoms with Gasteiger partial charge >= 0.3 is 0 Å². The van der Waals surface area contributed by atoms with E-state index in [1.807, 2.05) is 83.4 Å². The molecule has 0 saturated heterocycles. The SMILES string of the molecule is C(#Cc1ccccn1)C1=C(C#Cc2ccccn2)SC(=C2SC3=C(SCCS3)S2)S1. The molecule has 0 bridgehead atoms. The van der Waals surface area contributed by atoms with Gasteiger partial charge in [-0.2, -0.15) is 0 Å². The van der Waals surface area contributed by atoms with Gasteiger partial charge in [-0.05, 0) is 36.1 Å². The molecular formula is C22H12N2S6. The van der Waals surface area contributed by atoms with E-state index < -0.39 is 0 Å². The first-order valence-corrected chi connectivity index (χ1v) is 14.1. The summed E-state index contributed by atoms with van der Waals surface area (Å²) in [4.78, 5) is 10.6. The van der Waals surface area contributed by atoms with E-state index in [9.17, 15) is 0 Å². The molecule has 0 aliphatic carbocycles. The van der Waals surface area contributed by atoms with Crippen molar-refractivity contribution in [2.24, 2.45) is 0 Å². The molecule has 146 valence electrons. The molecule has 0 aromatic carbocycles. The number of hydrogen-bond donors (Lipinski definition) is 0. The van der Waals surface area contributed by atoms with Gasteiger partial charge in [0.1, 0.15) is 11.4 Å². The number of aromatic nitrogens is 2. The largest absolute Gasteiger partial charge is 0.248 e. The summed E-state index contributed by atoms with van der Waals surface area (Å²) in [6.07, 6.45) is 3.53. The second-order valence-corrected chi connectivity index (χ2v) is 13.2. The molecule has 5 rings (SSSR count). The lowest BCUT2D eigenvalue weighted by Gasteiger charge is -2.08. The minimum absolute atomic E-state index is 0.767. The Kier molecular flexibility index (Phi) is 6.81. The lowest BCUT2D eigenvalue weighted by atomic mass is 10.3. The van der Waals surface area contributed by atoms with Crippen LogP contribution in [0.25, 0.3) is 0 Å². The third kappa shape index (κ3) is 4.96. The molecule has 0 saturated carbocycles. The monoisotopic (exact) mass is 496 g/mol. The smallest absolute Gasteiger partial charge is 0.113 e. The van der Waals surface area contributed by atoms with E-state index in [1.54, 1.807) is 35.9 Å². The summed E-state index contributed by atoms with van der Waals surface area (Å²) < 4.78 is 5.53. The Morgan fingerprint density at radius 1 is 0.567 bits per heavy atom. The zero-order valence-electron chi connectivity index (χ0n) is 15.4. The summed E-state index contributed by atoms with van der Waals surface area (Å²) in [7, 11) is 0. The number of rotatable bonds is 0. The summed E-state index contributed by atoms with van der Waals surface area (Å²) in [5.74, 6) is 15.4. The Hall–Kier alpha value is -1.26. The van der Waals surface area contributed by atoms with Crippen molar-refractivity contribution in [3.05, 3.63) is 86.9 Å². The van der Waals surface area contributed by atoms with Crippen LogP contribution in [0.1, 0.15) is 11.4 Å². The van der Waals surface area contributed by atoms with Crippen LogP contribution in [0.15, 0.2) is 75.6 Å². The average Bonchev–Trinajstić information content (AvgIpc) is 3.42. The third-order valence-corrected chi connectivity index (χ3v) is 12.5. The maximum Gasteiger partial charge on any atom is 0.113 e. The zero-order chi connectivity index (χ0) is 20.2. The Morgan fingerprint density at radius 3 is 1.53 bits per heavy atom. The van der Waals surface area contributed by atoms with Crippen LogP contribution in [0.4, 0.5) is 0 Å². The molecule has 0 amide bonds. The lowest BCUT2D eigenvalue weighted by molar-refractivity contribution is 1.29. The third-order valence-electron chi connectivity index (χ3n) is 3.79. The highest BCUT2D eigenvalue weighted by molar-refractivity contribution is 8.43. The molecule has 0 unspecified atom stereocenters. The summed E-state index contributed by atoms with van der Waals surface area (Å²) in [6, 6.07) is 11.6. The topological polar surface area (TPSA) is 25.8 Å². The summed E-state index contributed by atoms with van der Waals surface area (Å²) in [5, 5.41) is 0. The van der Waals surface area contributed by atoms with Crippen molar-refractivity contribution < 1.29 is 0 Å². The van der Waals surface area contributed by atoms with E-state index in [1.165, 1.54) is 28.5 Å². The van der Waals surface area contributed by atoms with Gasteiger partial charge in [0, 0.05) is 23.9 Å². The van der Waals surface area contributed by atoms with Crippen molar-refractivity contribution >= 4 is 70.6 Å². The van der Waals surface area contributed by atoms with Crippen LogP contribution >= 0.6 is 70.6 Å². The van der Waals surface area contributed by atoms with Crippen molar-refractivity contribution in [1.82, 2.24) is 9.97 Å². The van der Waals surface area contributed by atoms with Crippen molar-refractivity contribution in [3.63, 3.8) is 0 Å². The molecule has 0 spiro atoms. The predicted molar refractivity (Wildman–Crippen MR) is 139 cm³/mol. The molecule has 2 aromatic heterocycles. The molecule has 30 heavy (non-hydrogen) atoms. The van der Waals surface area contributed by atoms with E-state index in [0.29, 0.717) is 0 Å². The number of pyridine rings is 2. The zero-order valence-corrected chi connectivity index (χ0v) is 20.3. The van der Waals surface area contributed by atoms with E-state index in [-0.39, 0.29) is 0 Å². The van der Waals surface area contributed by atoms with Gasteiger partial charge in [-0.3, -0.25) is 0 Å². The summed E-state index contributed by atoms with van der Waals surface area (Å²) in [5.41, 5.74) is 1.53. The van der Waals surface area contributed by atoms with Crippen molar-refractivity contribution in [2.75, 3.05) is 11.5 Å². The quantitative estimate of drug-likeness (QED) is 0.368. The minimum Gasteiger partial charge on any atom is -0.248 e. The Morgan fingerprint density at radius 2 is 1.07 bits per heavy atom.